The lowest BCUT2D eigenvalue weighted by Crippen LogP contribution is -2.48. The Kier molecular flexibility index (Phi) is 11.5. The summed E-state index contributed by atoms with van der Waals surface area (Å²) < 4.78 is 0. The minimum absolute atomic E-state index is 0.0301. The Morgan fingerprint density at radius 1 is 1.04 bits per heavy atom. The molecule has 0 aromatic carbocycles. The highest BCUT2D eigenvalue weighted by molar-refractivity contribution is 5.86. The number of nitrogens with zero attached hydrogens (tertiary/aromatic N) is 2. The third-order valence-electron chi connectivity index (χ3n) is 3.18. The number of carbonyl (C=O) groups excluding carboxylic acids is 1. The summed E-state index contributed by atoms with van der Waals surface area (Å²) >= 11 is 0. The summed E-state index contributed by atoms with van der Waals surface area (Å²) in [6, 6.07) is 0. The van der Waals surface area contributed by atoms with Crippen molar-refractivity contribution in [2.24, 2.45) is 4.99 Å². The Hall–Kier alpha value is -1.30. The maximum absolute atomic E-state index is 11.8. The van der Waals surface area contributed by atoms with E-state index >= 15 is 0 Å². The third kappa shape index (κ3) is 12.9. The summed E-state index contributed by atoms with van der Waals surface area (Å²) in [6.07, 6.45) is 3.45. The van der Waals surface area contributed by atoms with Crippen LogP contribution < -0.4 is 16.0 Å². The Morgan fingerprint density at radius 3 is 2.13 bits per heavy atom. The lowest BCUT2D eigenvalue weighted by atomic mass is 10.1. The van der Waals surface area contributed by atoms with E-state index in [-0.39, 0.29) is 18.0 Å². The van der Waals surface area contributed by atoms with Crippen molar-refractivity contribution in [3.63, 3.8) is 0 Å². The number of hydrogen-bond donors (Lipinski definition) is 3. The Bertz CT molecular complexity index is 343. The molecular weight excluding hydrogens is 290 g/mol. The van der Waals surface area contributed by atoms with E-state index in [1.807, 2.05) is 20.8 Å². The van der Waals surface area contributed by atoms with Crippen LogP contribution in [0.25, 0.3) is 0 Å². The molecule has 0 atom stereocenters. The molecular formula is C17H37N5O. The van der Waals surface area contributed by atoms with Crippen molar-refractivity contribution in [1.29, 1.82) is 0 Å². The summed E-state index contributed by atoms with van der Waals surface area (Å²) in [5.74, 6) is 0.643. The van der Waals surface area contributed by atoms with Gasteiger partial charge in [0.2, 0.25) is 5.91 Å². The highest BCUT2D eigenvalue weighted by atomic mass is 16.2. The minimum atomic E-state index is -0.211. The summed E-state index contributed by atoms with van der Waals surface area (Å²) in [6.45, 7) is 14.8. The summed E-state index contributed by atoms with van der Waals surface area (Å²) in [4.78, 5) is 18.4. The summed E-state index contributed by atoms with van der Waals surface area (Å²) in [5.41, 5.74) is -0.211. The van der Waals surface area contributed by atoms with Crippen molar-refractivity contribution in [2.75, 3.05) is 39.8 Å². The topological polar surface area (TPSA) is 68.8 Å². The smallest absolute Gasteiger partial charge is 0.239 e. The molecule has 0 unspecified atom stereocenters. The van der Waals surface area contributed by atoms with E-state index in [2.05, 4.69) is 39.7 Å². The number of rotatable bonds is 10. The second kappa shape index (κ2) is 12.2. The van der Waals surface area contributed by atoms with E-state index in [1.54, 1.807) is 7.05 Å². The van der Waals surface area contributed by atoms with Gasteiger partial charge in [-0.15, -0.1) is 0 Å². The Morgan fingerprint density at radius 2 is 1.65 bits per heavy atom. The largest absolute Gasteiger partial charge is 0.356 e. The number of amides is 1. The van der Waals surface area contributed by atoms with Crippen LogP contribution in [-0.2, 0) is 4.79 Å². The molecule has 0 aromatic heterocycles. The fourth-order valence-corrected chi connectivity index (χ4v) is 2.32. The second-order valence-electron chi connectivity index (χ2n) is 6.85. The fraction of sp³-hybridized carbons (Fsp3) is 0.882. The van der Waals surface area contributed by atoms with Crippen LogP contribution in [0, 0.1) is 0 Å². The predicted molar refractivity (Wildman–Crippen MR) is 98.9 cm³/mol. The molecule has 23 heavy (non-hydrogen) atoms. The molecule has 0 radical (unpaired) electrons. The van der Waals surface area contributed by atoms with Crippen molar-refractivity contribution in [3.8, 4) is 0 Å². The summed E-state index contributed by atoms with van der Waals surface area (Å²) in [5, 5.41) is 9.22. The van der Waals surface area contributed by atoms with E-state index in [1.165, 1.54) is 12.8 Å². The molecule has 0 rings (SSSR count). The van der Waals surface area contributed by atoms with E-state index in [4.69, 9.17) is 0 Å². The summed E-state index contributed by atoms with van der Waals surface area (Å²) in [7, 11) is 1.72. The SMILES string of the molecule is CCCN(CCC)CCCNC(=NC)NCC(=O)NC(C)(C)C. The average Bonchev–Trinajstić information content (AvgIpc) is 2.45. The quantitative estimate of drug-likeness (QED) is 0.324. The van der Waals surface area contributed by atoms with Gasteiger partial charge in [0.25, 0.3) is 0 Å². The standard InChI is InChI=1S/C17H37N5O/c1-7-11-22(12-8-2)13-9-10-19-16(18-6)20-14-15(23)21-17(3,4)5/h7-14H2,1-6H3,(H,21,23)(H2,18,19,20). The van der Waals surface area contributed by atoms with Crippen molar-refractivity contribution in [3.05, 3.63) is 0 Å². The van der Waals surface area contributed by atoms with E-state index in [0.29, 0.717) is 5.96 Å². The molecule has 0 spiro atoms. The van der Waals surface area contributed by atoms with Crippen molar-refractivity contribution >= 4 is 11.9 Å². The van der Waals surface area contributed by atoms with Crippen LogP contribution in [0.15, 0.2) is 4.99 Å². The highest BCUT2D eigenvalue weighted by Crippen LogP contribution is 1.97. The van der Waals surface area contributed by atoms with Gasteiger partial charge in [-0.05, 0) is 59.7 Å². The molecule has 0 aliphatic carbocycles. The number of carbonyl (C=O) groups is 1. The number of aliphatic imine (C=N–C) groups is 1. The lowest BCUT2D eigenvalue weighted by molar-refractivity contribution is -0.121. The second-order valence-corrected chi connectivity index (χ2v) is 6.85. The van der Waals surface area contributed by atoms with Gasteiger partial charge in [0.15, 0.2) is 5.96 Å². The number of nitrogens with one attached hydrogen (secondary N) is 3. The van der Waals surface area contributed by atoms with Gasteiger partial charge in [-0.2, -0.15) is 0 Å². The maximum Gasteiger partial charge on any atom is 0.239 e. The van der Waals surface area contributed by atoms with Crippen LogP contribution in [0.2, 0.25) is 0 Å². The number of hydrogen-bond acceptors (Lipinski definition) is 3. The van der Waals surface area contributed by atoms with Gasteiger partial charge in [-0.1, -0.05) is 13.8 Å². The first-order chi connectivity index (χ1) is 10.8. The zero-order valence-electron chi connectivity index (χ0n) is 16.0. The lowest BCUT2D eigenvalue weighted by Gasteiger charge is -2.22. The first-order valence-corrected chi connectivity index (χ1v) is 8.80. The van der Waals surface area contributed by atoms with Crippen LogP contribution in [-0.4, -0.2) is 62.1 Å². The molecule has 3 N–H and O–H groups in total. The van der Waals surface area contributed by atoms with Gasteiger partial charge < -0.3 is 20.9 Å². The molecule has 0 saturated heterocycles. The molecule has 0 aliphatic rings. The molecule has 1 amide bonds. The van der Waals surface area contributed by atoms with Gasteiger partial charge in [-0.25, -0.2) is 0 Å². The molecule has 0 aliphatic heterocycles. The monoisotopic (exact) mass is 327 g/mol. The molecule has 0 heterocycles. The molecule has 136 valence electrons. The van der Waals surface area contributed by atoms with E-state index in [0.717, 1.165) is 32.6 Å². The number of guanidine groups is 1. The first-order valence-electron chi connectivity index (χ1n) is 8.80. The average molecular weight is 328 g/mol. The van der Waals surface area contributed by atoms with Gasteiger partial charge >= 0.3 is 0 Å². The van der Waals surface area contributed by atoms with E-state index in [9.17, 15) is 4.79 Å². The molecule has 0 fully saturated rings. The van der Waals surface area contributed by atoms with Crippen LogP contribution in [0.5, 0.6) is 0 Å². The molecule has 0 saturated carbocycles. The zero-order chi connectivity index (χ0) is 17.7. The van der Waals surface area contributed by atoms with Crippen LogP contribution in [0.4, 0.5) is 0 Å². The predicted octanol–water partition coefficient (Wildman–Crippen LogP) is 1.58. The molecule has 0 aromatic rings. The Balaban J connectivity index is 3.96. The van der Waals surface area contributed by atoms with Gasteiger partial charge in [0, 0.05) is 19.1 Å². The van der Waals surface area contributed by atoms with Gasteiger partial charge in [0.05, 0.1) is 6.54 Å². The van der Waals surface area contributed by atoms with Gasteiger partial charge in [0.1, 0.15) is 0 Å². The van der Waals surface area contributed by atoms with E-state index < -0.39 is 0 Å². The molecule has 0 bridgehead atoms. The maximum atomic E-state index is 11.8. The normalized spacial score (nSPS) is 12.4. The Labute approximate surface area is 142 Å². The minimum Gasteiger partial charge on any atom is -0.356 e. The van der Waals surface area contributed by atoms with Crippen molar-refractivity contribution in [2.45, 2.75) is 59.4 Å². The van der Waals surface area contributed by atoms with Crippen LogP contribution in [0.1, 0.15) is 53.9 Å². The molecule has 6 nitrogen and oxygen atoms in total. The molecule has 6 heteroatoms. The fourth-order valence-electron chi connectivity index (χ4n) is 2.32. The van der Waals surface area contributed by atoms with Crippen LogP contribution in [0.3, 0.4) is 0 Å². The van der Waals surface area contributed by atoms with Gasteiger partial charge in [-0.3, -0.25) is 9.79 Å². The van der Waals surface area contributed by atoms with Crippen molar-refractivity contribution < 1.29 is 4.79 Å². The first kappa shape index (κ1) is 21.7. The third-order valence-corrected chi connectivity index (χ3v) is 3.18. The zero-order valence-corrected chi connectivity index (χ0v) is 16.0. The van der Waals surface area contributed by atoms with Crippen LogP contribution >= 0.6 is 0 Å². The van der Waals surface area contributed by atoms with Crippen molar-refractivity contribution in [1.82, 2.24) is 20.9 Å². The highest BCUT2D eigenvalue weighted by Gasteiger charge is 2.13.